The molecule has 0 aliphatic carbocycles. The summed E-state index contributed by atoms with van der Waals surface area (Å²) in [6.45, 7) is 8.30. The van der Waals surface area contributed by atoms with Crippen molar-refractivity contribution in [1.29, 1.82) is 0 Å². The van der Waals surface area contributed by atoms with Crippen molar-refractivity contribution in [3.8, 4) is 0 Å². The van der Waals surface area contributed by atoms with Gasteiger partial charge in [0.15, 0.2) is 0 Å². The van der Waals surface area contributed by atoms with Gasteiger partial charge < -0.3 is 9.73 Å². The summed E-state index contributed by atoms with van der Waals surface area (Å²) in [7, 11) is 0. The van der Waals surface area contributed by atoms with Gasteiger partial charge in [-0.15, -0.1) is 12.4 Å². The Morgan fingerprint density at radius 3 is 2.71 bits per heavy atom. The summed E-state index contributed by atoms with van der Waals surface area (Å²) in [5, 5.41) is 4.49. The molecule has 0 radical (unpaired) electrons. The number of fused-ring (bicyclic) bond motifs is 1. The lowest BCUT2D eigenvalue weighted by atomic mass is 10.0. The average molecular weight is 351 g/mol. The van der Waals surface area contributed by atoms with Crippen LogP contribution in [0, 0.1) is 6.92 Å². The van der Waals surface area contributed by atoms with Crippen molar-refractivity contribution in [3.05, 3.63) is 45.8 Å². The van der Waals surface area contributed by atoms with Gasteiger partial charge in [-0.3, -0.25) is 4.90 Å². The van der Waals surface area contributed by atoms with Gasteiger partial charge in [-0.2, -0.15) is 0 Å². The maximum Gasteiger partial charge on any atom is 0.336 e. The third kappa shape index (κ3) is 4.38. The molecule has 3 rings (SSSR count). The summed E-state index contributed by atoms with van der Waals surface area (Å²) in [6.07, 6.45) is 3.49. The number of halogens is 1. The maximum absolute atomic E-state index is 11.9. The van der Waals surface area contributed by atoms with Crippen molar-refractivity contribution in [2.45, 2.75) is 45.7 Å². The average Bonchev–Trinajstić information content (AvgIpc) is 2.54. The molecule has 1 aromatic heterocycles. The smallest absolute Gasteiger partial charge is 0.336 e. The van der Waals surface area contributed by atoms with Crippen molar-refractivity contribution in [2.24, 2.45) is 0 Å². The van der Waals surface area contributed by atoms with E-state index in [2.05, 4.69) is 29.3 Å². The van der Waals surface area contributed by atoms with Crippen molar-refractivity contribution < 1.29 is 4.42 Å². The normalized spacial score (nSPS) is 15.6. The summed E-state index contributed by atoms with van der Waals surface area (Å²) >= 11 is 0. The molecule has 132 valence electrons. The number of piperidine rings is 1. The third-order valence-electron chi connectivity index (χ3n) is 4.70. The van der Waals surface area contributed by atoms with E-state index < -0.39 is 0 Å². The van der Waals surface area contributed by atoms with Gasteiger partial charge in [0, 0.05) is 24.0 Å². The fourth-order valence-electron chi connectivity index (χ4n) is 3.54. The van der Waals surface area contributed by atoms with Gasteiger partial charge in [0.05, 0.1) is 0 Å². The molecule has 1 saturated heterocycles. The van der Waals surface area contributed by atoms with Gasteiger partial charge in [-0.1, -0.05) is 19.1 Å². The quantitative estimate of drug-likeness (QED) is 0.838. The summed E-state index contributed by atoms with van der Waals surface area (Å²) in [4.78, 5) is 14.5. The van der Waals surface area contributed by atoms with E-state index in [9.17, 15) is 4.79 Å². The lowest BCUT2D eigenvalue weighted by Crippen LogP contribution is -2.43. The highest BCUT2D eigenvalue weighted by atomic mass is 35.5. The van der Waals surface area contributed by atoms with Crippen LogP contribution in [-0.4, -0.2) is 30.6 Å². The first-order valence-corrected chi connectivity index (χ1v) is 8.65. The predicted molar refractivity (Wildman–Crippen MR) is 101 cm³/mol. The zero-order valence-electron chi connectivity index (χ0n) is 14.5. The number of aryl methyl sites for hydroxylation is 1. The van der Waals surface area contributed by atoms with Gasteiger partial charge in [0.2, 0.25) is 0 Å². The second kappa shape index (κ2) is 8.65. The van der Waals surface area contributed by atoms with E-state index in [1.54, 1.807) is 6.07 Å². The van der Waals surface area contributed by atoms with Crippen LogP contribution in [0.25, 0.3) is 11.0 Å². The molecule has 2 heterocycles. The number of rotatable bonds is 5. The molecular weight excluding hydrogens is 324 g/mol. The highest BCUT2D eigenvalue weighted by Gasteiger charge is 2.21. The monoisotopic (exact) mass is 350 g/mol. The van der Waals surface area contributed by atoms with Gasteiger partial charge in [-0.05, 0) is 63.0 Å². The van der Waals surface area contributed by atoms with E-state index in [4.69, 9.17) is 4.42 Å². The summed E-state index contributed by atoms with van der Waals surface area (Å²) < 4.78 is 5.39. The second-order valence-corrected chi connectivity index (χ2v) is 6.54. The fourth-order valence-corrected chi connectivity index (χ4v) is 3.54. The topological polar surface area (TPSA) is 45.5 Å². The molecule has 1 aliphatic heterocycles. The minimum Gasteiger partial charge on any atom is -0.423 e. The van der Waals surface area contributed by atoms with Gasteiger partial charge in [0.1, 0.15) is 5.58 Å². The maximum atomic E-state index is 11.9. The van der Waals surface area contributed by atoms with Gasteiger partial charge in [0.25, 0.3) is 0 Å². The van der Waals surface area contributed by atoms with Crippen molar-refractivity contribution in [2.75, 3.05) is 19.6 Å². The third-order valence-corrected chi connectivity index (χ3v) is 4.70. The van der Waals surface area contributed by atoms with Crippen molar-refractivity contribution in [1.82, 2.24) is 10.2 Å². The molecule has 0 spiro atoms. The lowest BCUT2D eigenvalue weighted by Gasteiger charge is -2.34. The summed E-state index contributed by atoms with van der Waals surface area (Å²) in [6, 6.07) is 8.38. The molecule has 0 atom stereocenters. The molecule has 0 bridgehead atoms. The Bertz CT molecular complexity index is 723. The van der Waals surface area contributed by atoms with Crippen LogP contribution < -0.4 is 10.9 Å². The number of benzene rings is 1. The minimum atomic E-state index is -0.250. The molecule has 24 heavy (non-hydrogen) atoms. The molecule has 1 aromatic carbocycles. The molecule has 0 unspecified atom stereocenters. The largest absolute Gasteiger partial charge is 0.423 e. The molecule has 1 N–H and O–H groups in total. The van der Waals surface area contributed by atoms with Gasteiger partial charge >= 0.3 is 5.63 Å². The number of nitrogens with zero attached hydrogens (tertiary/aromatic N) is 1. The van der Waals surface area contributed by atoms with Crippen LogP contribution in [0.3, 0.4) is 0 Å². The van der Waals surface area contributed by atoms with E-state index in [-0.39, 0.29) is 18.0 Å². The molecule has 2 aromatic rings. The van der Waals surface area contributed by atoms with E-state index >= 15 is 0 Å². The molecule has 0 saturated carbocycles. The van der Waals surface area contributed by atoms with Gasteiger partial charge in [-0.25, -0.2) is 4.79 Å². The van der Waals surface area contributed by atoms with Crippen molar-refractivity contribution >= 4 is 23.4 Å². The Labute approximate surface area is 149 Å². The molecular formula is C19H27ClN2O2. The first kappa shape index (κ1) is 19.0. The zero-order valence-corrected chi connectivity index (χ0v) is 15.3. The number of hydrogen-bond donors (Lipinski definition) is 1. The Hall–Kier alpha value is -1.36. The minimum absolute atomic E-state index is 0. The summed E-state index contributed by atoms with van der Waals surface area (Å²) in [5.74, 6) is 0. The van der Waals surface area contributed by atoms with Crippen LogP contribution in [0.15, 0.2) is 33.5 Å². The molecule has 4 nitrogen and oxygen atoms in total. The molecule has 0 amide bonds. The predicted octanol–water partition coefficient (Wildman–Crippen LogP) is 3.49. The van der Waals surface area contributed by atoms with E-state index in [1.807, 2.05) is 13.0 Å². The molecule has 1 fully saturated rings. The Kier molecular flexibility index (Phi) is 6.84. The van der Waals surface area contributed by atoms with E-state index in [0.717, 1.165) is 49.1 Å². The Morgan fingerprint density at radius 2 is 2.00 bits per heavy atom. The van der Waals surface area contributed by atoms with Crippen LogP contribution in [0.2, 0.25) is 0 Å². The van der Waals surface area contributed by atoms with Crippen LogP contribution in [-0.2, 0) is 6.54 Å². The highest BCUT2D eigenvalue weighted by molar-refractivity contribution is 5.85. The van der Waals surface area contributed by atoms with Crippen LogP contribution in [0.4, 0.5) is 0 Å². The second-order valence-electron chi connectivity index (χ2n) is 6.54. The Morgan fingerprint density at radius 1 is 1.25 bits per heavy atom. The standard InChI is InChI=1S/C19H26N2O2.ClH/c1-3-10-21(16-6-8-20-9-7-16)13-15-12-19(22)23-18-11-14(2)4-5-17(15)18;/h4-5,11-12,16,20H,3,6-10,13H2,1-2H3;1H. The molecule has 5 heteroatoms. The van der Waals surface area contributed by atoms with E-state index in [0.29, 0.717) is 11.6 Å². The van der Waals surface area contributed by atoms with Crippen LogP contribution in [0.1, 0.15) is 37.3 Å². The Balaban J connectivity index is 0.00000208. The first-order chi connectivity index (χ1) is 11.2. The SMILES string of the molecule is CCCN(Cc1cc(=O)oc2cc(C)ccc12)C1CCNCC1.Cl. The zero-order chi connectivity index (χ0) is 16.2. The van der Waals surface area contributed by atoms with Crippen LogP contribution in [0.5, 0.6) is 0 Å². The lowest BCUT2D eigenvalue weighted by molar-refractivity contribution is 0.154. The first-order valence-electron chi connectivity index (χ1n) is 8.65. The van der Waals surface area contributed by atoms with E-state index in [1.165, 1.54) is 12.8 Å². The van der Waals surface area contributed by atoms with Crippen molar-refractivity contribution in [3.63, 3.8) is 0 Å². The number of hydrogen-bond acceptors (Lipinski definition) is 4. The summed E-state index contributed by atoms with van der Waals surface area (Å²) in [5.41, 5.74) is 2.65. The van der Waals surface area contributed by atoms with Crippen LogP contribution >= 0.6 is 12.4 Å². The fraction of sp³-hybridized carbons (Fsp3) is 0.526. The number of nitrogens with one attached hydrogen (secondary N) is 1. The highest BCUT2D eigenvalue weighted by Crippen LogP contribution is 2.22. The molecule has 1 aliphatic rings.